The number of rotatable bonds is 3. The molecule has 0 bridgehead atoms. The van der Waals surface area contributed by atoms with Gasteiger partial charge in [-0.3, -0.25) is 9.48 Å². The number of hydrogen-bond acceptors (Lipinski definition) is 2. The number of aromatic nitrogens is 2. The van der Waals surface area contributed by atoms with Crippen LogP contribution < -0.4 is 5.73 Å². The Morgan fingerprint density at radius 2 is 2.12 bits per heavy atom. The highest BCUT2D eigenvalue weighted by Crippen LogP contribution is 2.12. The van der Waals surface area contributed by atoms with E-state index in [0.717, 1.165) is 0 Å². The zero-order valence-corrected chi connectivity index (χ0v) is 10.6. The van der Waals surface area contributed by atoms with Gasteiger partial charge >= 0.3 is 0 Å². The largest absolute Gasteiger partial charge is 0.364 e. The van der Waals surface area contributed by atoms with Crippen LogP contribution in [0.5, 0.6) is 0 Å². The predicted molar refractivity (Wildman–Crippen MR) is 69.0 cm³/mol. The van der Waals surface area contributed by atoms with Crippen LogP contribution in [0.15, 0.2) is 36.5 Å². The second-order valence-corrected chi connectivity index (χ2v) is 4.52. The molecule has 1 aromatic carbocycles. The molecule has 0 saturated heterocycles. The van der Waals surface area contributed by atoms with E-state index in [0.29, 0.717) is 12.2 Å². The van der Waals surface area contributed by atoms with Crippen molar-refractivity contribution in [1.29, 1.82) is 0 Å². The third kappa shape index (κ3) is 2.41. The molecule has 2 aromatic rings. The molecule has 4 nitrogen and oxygen atoms in total. The minimum absolute atomic E-state index is 0.297. The van der Waals surface area contributed by atoms with Crippen LogP contribution in [0, 0.1) is 3.57 Å². The molecule has 0 spiro atoms. The number of amides is 1. The zero-order valence-electron chi connectivity index (χ0n) is 8.43. The maximum Gasteiger partial charge on any atom is 0.269 e. The lowest BCUT2D eigenvalue weighted by molar-refractivity contribution is 0.0995. The molecule has 1 aromatic heterocycles. The molecule has 2 N–H and O–H groups in total. The summed E-state index contributed by atoms with van der Waals surface area (Å²) in [6.45, 7) is 0.645. The van der Waals surface area contributed by atoms with Gasteiger partial charge in [-0.25, -0.2) is 0 Å². The third-order valence-corrected chi connectivity index (χ3v) is 3.24. The van der Waals surface area contributed by atoms with Gasteiger partial charge in [0, 0.05) is 9.77 Å². The Morgan fingerprint density at radius 1 is 1.38 bits per heavy atom. The van der Waals surface area contributed by atoms with Crippen molar-refractivity contribution in [2.24, 2.45) is 5.73 Å². The molecule has 1 amide bonds. The number of nitrogens with zero attached hydrogens (tertiary/aromatic N) is 2. The van der Waals surface area contributed by atoms with Gasteiger partial charge in [0.15, 0.2) is 0 Å². The molecule has 0 saturated carbocycles. The molecule has 0 unspecified atom stereocenters. The lowest BCUT2D eigenvalue weighted by Gasteiger charge is -2.03. The number of hydrogen-bond donors (Lipinski definition) is 1. The van der Waals surface area contributed by atoms with E-state index in [2.05, 4.69) is 27.7 Å². The number of nitrogens with two attached hydrogens (primary N) is 1. The van der Waals surface area contributed by atoms with E-state index in [4.69, 9.17) is 5.73 Å². The highest BCUT2D eigenvalue weighted by molar-refractivity contribution is 14.1. The van der Waals surface area contributed by atoms with Crippen LogP contribution in [0.2, 0.25) is 0 Å². The highest BCUT2D eigenvalue weighted by atomic mass is 127. The van der Waals surface area contributed by atoms with Crippen molar-refractivity contribution < 1.29 is 4.79 Å². The van der Waals surface area contributed by atoms with Crippen LogP contribution in [0.1, 0.15) is 16.1 Å². The molecule has 0 atom stereocenters. The van der Waals surface area contributed by atoms with Crippen molar-refractivity contribution in [1.82, 2.24) is 9.78 Å². The van der Waals surface area contributed by atoms with E-state index in [1.807, 2.05) is 24.3 Å². The van der Waals surface area contributed by atoms with E-state index in [-0.39, 0.29) is 0 Å². The molecule has 0 fully saturated rings. The first-order valence-electron chi connectivity index (χ1n) is 4.73. The van der Waals surface area contributed by atoms with E-state index in [1.54, 1.807) is 16.9 Å². The molecule has 2 rings (SSSR count). The summed E-state index contributed by atoms with van der Waals surface area (Å²) in [5, 5.41) is 4.08. The second kappa shape index (κ2) is 4.65. The smallest absolute Gasteiger partial charge is 0.269 e. The van der Waals surface area contributed by atoms with Crippen molar-refractivity contribution >= 4 is 28.5 Å². The Kier molecular flexibility index (Phi) is 3.23. The molecule has 1 heterocycles. The van der Waals surface area contributed by atoms with E-state index in [1.165, 1.54) is 9.13 Å². The topological polar surface area (TPSA) is 60.9 Å². The molecule has 5 heteroatoms. The van der Waals surface area contributed by atoms with E-state index in [9.17, 15) is 4.79 Å². The van der Waals surface area contributed by atoms with Crippen molar-refractivity contribution in [2.75, 3.05) is 0 Å². The van der Waals surface area contributed by atoms with Gasteiger partial charge in [0.25, 0.3) is 5.91 Å². The molecule has 0 aliphatic heterocycles. The van der Waals surface area contributed by atoms with Gasteiger partial charge in [-0.15, -0.1) is 0 Å². The molecular formula is C11H10IN3O. The molecule has 0 radical (unpaired) electrons. The monoisotopic (exact) mass is 327 g/mol. The summed E-state index contributed by atoms with van der Waals surface area (Å²) >= 11 is 2.27. The normalized spacial score (nSPS) is 10.3. The predicted octanol–water partition coefficient (Wildman–Crippen LogP) is 1.63. The minimum Gasteiger partial charge on any atom is -0.364 e. The van der Waals surface area contributed by atoms with Crippen LogP contribution in [-0.4, -0.2) is 15.7 Å². The average Bonchev–Trinajstić information content (AvgIpc) is 2.70. The van der Waals surface area contributed by atoms with Crippen LogP contribution in [0.4, 0.5) is 0 Å². The number of carbonyl (C=O) groups excluding carboxylic acids is 1. The lowest BCUT2D eigenvalue weighted by Crippen LogP contribution is -2.12. The fourth-order valence-corrected chi connectivity index (χ4v) is 1.94. The quantitative estimate of drug-likeness (QED) is 0.871. The summed E-state index contributed by atoms with van der Waals surface area (Å²) in [5.74, 6) is -0.499. The molecular weight excluding hydrogens is 317 g/mol. The van der Waals surface area contributed by atoms with Gasteiger partial charge in [-0.2, -0.15) is 5.10 Å². The Bertz CT molecular complexity index is 521. The summed E-state index contributed by atoms with van der Waals surface area (Å²) in [6.07, 6.45) is 1.75. The van der Waals surface area contributed by atoms with Gasteiger partial charge in [0.05, 0.1) is 6.54 Å². The van der Waals surface area contributed by atoms with Gasteiger partial charge in [0.2, 0.25) is 0 Å². The first-order chi connectivity index (χ1) is 7.66. The fourth-order valence-electron chi connectivity index (χ4n) is 1.38. The molecule has 16 heavy (non-hydrogen) atoms. The van der Waals surface area contributed by atoms with Crippen LogP contribution in [-0.2, 0) is 6.54 Å². The summed E-state index contributed by atoms with van der Waals surface area (Å²) in [4.78, 5) is 10.9. The maximum atomic E-state index is 10.9. The summed E-state index contributed by atoms with van der Waals surface area (Å²) in [5.41, 5.74) is 6.60. The van der Waals surface area contributed by atoms with Gasteiger partial charge in [0.1, 0.15) is 5.69 Å². The third-order valence-electron chi connectivity index (χ3n) is 2.18. The van der Waals surface area contributed by atoms with E-state index >= 15 is 0 Å². The first kappa shape index (κ1) is 11.1. The summed E-state index contributed by atoms with van der Waals surface area (Å²) in [7, 11) is 0. The Balaban J connectivity index is 2.21. The van der Waals surface area contributed by atoms with E-state index < -0.39 is 5.91 Å². The van der Waals surface area contributed by atoms with Crippen LogP contribution in [0.25, 0.3) is 0 Å². The minimum atomic E-state index is -0.499. The summed E-state index contributed by atoms with van der Waals surface area (Å²) in [6, 6.07) is 9.67. The second-order valence-electron chi connectivity index (χ2n) is 3.35. The number of primary amides is 1. The fraction of sp³-hybridized carbons (Fsp3) is 0.0909. The Hall–Kier alpha value is -1.37. The SMILES string of the molecule is NC(=O)c1ccn(Cc2ccccc2I)n1. The Labute approximate surface area is 107 Å². The van der Waals surface area contributed by atoms with Gasteiger partial charge in [-0.1, -0.05) is 18.2 Å². The first-order valence-corrected chi connectivity index (χ1v) is 5.81. The van der Waals surface area contributed by atoms with Crippen molar-refractivity contribution in [3.05, 3.63) is 51.4 Å². The number of benzene rings is 1. The molecule has 82 valence electrons. The average molecular weight is 327 g/mol. The Morgan fingerprint density at radius 3 is 2.75 bits per heavy atom. The lowest BCUT2D eigenvalue weighted by atomic mass is 10.2. The molecule has 0 aliphatic carbocycles. The van der Waals surface area contributed by atoms with Crippen LogP contribution in [0.3, 0.4) is 0 Å². The van der Waals surface area contributed by atoms with Crippen LogP contribution >= 0.6 is 22.6 Å². The maximum absolute atomic E-state index is 10.9. The van der Waals surface area contributed by atoms with Crippen molar-refractivity contribution in [2.45, 2.75) is 6.54 Å². The molecule has 0 aliphatic rings. The zero-order chi connectivity index (χ0) is 11.5. The summed E-state index contributed by atoms with van der Waals surface area (Å²) < 4.78 is 2.88. The number of halogens is 1. The number of carbonyl (C=O) groups is 1. The standard InChI is InChI=1S/C11H10IN3O/c12-9-4-2-1-3-8(9)7-15-6-5-10(14-15)11(13)16/h1-6H,7H2,(H2,13,16). The van der Waals surface area contributed by atoms with Gasteiger partial charge in [-0.05, 0) is 40.3 Å². The van der Waals surface area contributed by atoms with Gasteiger partial charge < -0.3 is 5.73 Å². The highest BCUT2D eigenvalue weighted by Gasteiger charge is 2.05. The van der Waals surface area contributed by atoms with Crippen molar-refractivity contribution in [3.63, 3.8) is 0 Å². The van der Waals surface area contributed by atoms with Crippen molar-refractivity contribution in [3.8, 4) is 0 Å².